The number of alkyl halides is 6. The van der Waals surface area contributed by atoms with Gasteiger partial charge in [-0.15, -0.1) is 0 Å². The summed E-state index contributed by atoms with van der Waals surface area (Å²) in [5, 5.41) is 10.8. The largest absolute Gasteiger partial charge is 0.363 e. The van der Waals surface area contributed by atoms with E-state index in [1.54, 1.807) is 4.98 Å². The third-order valence-corrected chi connectivity index (χ3v) is 2.63. The lowest BCUT2D eigenvalue weighted by molar-refractivity contribution is -0.383. The number of nitro benzene ring substituents is 1. The first-order valence-electron chi connectivity index (χ1n) is 5.27. The van der Waals surface area contributed by atoms with Crippen LogP contribution in [0, 0.1) is 10.1 Å². The third kappa shape index (κ3) is 2.50. The molecular formula is C10H5F6N3O2. The summed E-state index contributed by atoms with van der Waals surface area (Å²) in [7, 11) is 0. The molecule has 2 aromatic rings. The Morgan fingerprint density at radius 2 is 1.86 bits per heavy atom. The van der Waals surface area contributed by atoms with Crippen LogP contribution in [0.3, 0.4) is 0 Å². The Labute approximate surface area is 111 Å². The molecule has 0 aliphatic rings. The van der Waals surface area contributed by atoms with Gasteiger partial charge in [0, 0.05) is 11.6 Å². The molecule has 0 saturated heterocycles. The van der Waals surface area contributed by atoms with E-state index in [-0.39, 0.29) is 0 Å². The predicted octanol–water partition coefficient (Wildman–Crippen LogP) is 3.77. The molecule has 11 heteroatoms. The summed E-state index contributed by atoms with van der Waals surface area (Å²) in [4.78, 5) is 14.4. The van der Waals surface area contributed by atoms with Crippen molar-refractivity contribution in [3.05, 3.63) is 33.6 Å². The van der Waals surface area contributed by atoms with Crippen molar-refractivity contribution in [3.63, 3.8) is 0 Å². The predicted molar refractivity (Wildman–Crippen MR) is 57.6 cm³/mol. The van der Waals surface area contributed by atoms with E-state index in [1.807, 2.05) is 0 Å². The van der Waals surface area contributed by atoms with Gasteiger partial charge < -0.3 is 4.98 Å². The lowest BCUT2D eigenvalue weighted by Gasteiger charge is -2.11. The van der Waals surface area contributed by atoms with E-state index in [2.05, 4.69) is 4.98 Å². The van der Waals surface area contributed by atoms with Crippen LogP contribution >= 0.6 is 0 Å². The molecular weight excluding hydrogens is 308 g/mol. The van der Waals surface area contributed by atoms with Crippen LogP contribution in [0.25, 0.3) is 11.0 Å². The third-order valence-electron chi connectivity index (χ3n) is 2.63. The number of halogens is 6. The topological polar surface area (TPSA) is 71.8 Å². The Hall–Kier alpha value is -2.33. The van der Waals surface area contributed by atoms with Crippen LogP contribution in [0.5, 0.6) is 0 Å². The van der Waals surface area contributed by atoms with E-state index < -0.39 is 51.8 Å². The molecule has 0 saturated carbocycles. The number of nitro groups is 1. The van der Waals surface area contributed by atoms with Gasteiger partial charge in [-0.1, -0.05) is 0 Å². The second kappa shape index (κ2) is 4.90. The van der Waals surface area contributed by atoms with Crippen LogP contribution in [-0.4, -0.2) is 21.3 Å². The maximum absolute atomic E-state index is 13.1. The highest BCUT2D eigenvalue weighted by atomic mass is 19.3. The van der Waals surface area contributed by atoms with E-state index in [9.17, 15) is 36.5 Å². The van der Waals surface area contributed by atoms with Crippen LogP contribution in [0.2, 0.25) is 0 Å². The van der Waals surface area contributed by atoms with Crippen molar-refractivity contribution in [2.75, 3.05) is 0 Å². The lowest BCUT2D eigenvalue weighted by Crippen LogP contribution is -2.25. The fraction of sp³-hybridized carbons (Fsp3) is 0.300. The number of H-pyrrole nitrogens is 1. The summed E-state index contributed by atoms with van der Waals surface area (Å²) >= 11 is 0. The van der Waals surface area contributed by atoms with Crippen LogP contribution in [0.1, 0.15) is 17.8 Å². The molecule has 21 heavy (non-hydrogen) atoms. The second-order valence-electron chi connectivity index (χ2n) is 4.00. The molecule has 0 spiro atoms. The zero-order chi connectivity index (χ0) is 15.9. The zero-order valence-corrected chi connectivity index (χ0v) is 9.79. The highest BCUT2D eigenvalue weighted by Crippen LogP contribution is 2.36. The standard InChI is InChI=1S/C10H5F6N3O2/c11-7(12)3-1-4-6(5(2-3)19(20)21)18-9(17-4)10(15,16)8(13)14/h1-2,7-8H,(H,17,18). The molecule has 0 atom stereocenters. The highest BCUT2D eigenvalue weighted by Gasteiger charge is 2.46. The smallest absolute Gasteiger partial charge is 0.336 e. The van der Waals surface area contributed by atoms with E-state index in [0.717, 1.165) is 0 Å². The fourth-order valence-electron chi connectivity index (χ4n) is 1.65. The molecule has 1 N–H and O–H groups in total. The van der Waals surface area contributed by atoms with E-state index in [1.165, 1.54) is 0 Å². The van der Waals surface area contributed by atoms with E-state index in [4.69, 9.17) is 0 Å². The molecule has 1 aromatic carbocycles. The van der Waals surface area contributed by atoms with Gasteiger partial charge in [0.1, 0.15) is 0 Å². The van der Waals surface area contributed by atoms with Gasteiger partial charge in [0.15, 0.2) is 11.3 Å². The summed E-state index contributed by atoms with van der Waals surface area (Å²) in [6.07, 6.45) is -7.21. The van der Waals surface area contributed by atoms with Gasteiger partial charge in [-0.2, -0.15) is 8.78 Å². The maximum Gasteiger partial charge on any atom is 0.363 e. The first-order chi connectivity index (χ1) is 9.64. The monoisotopic (exact) mass is 313 g/mol. The number of aromatic amines is 1. The van der Waals surface area contributed by atoms with Gasteiger partial charge >= 0.3 is 12.3 Å². The molecule has 1 aromatic heterocycles. The number of nitrogens with one attached hydrogen (secondary N) is 1. The van der Waals surface area contributed by atoms with Crippen LogP contribution in [0.15, 0.2) is 12.1 Å². The van der Waals surface area contributed by atoms with Crippen LogP contribution in [0.4, 0.5) is 32.0 Å². The van der Waals surface area contributed by atoms with E-state index in [0.29, 0.717) is 12.1 Å². The average Bonchev–Trinajstić information content (AvgIpc) is 2.81. The van der Waals surface area contributed by atoms with Crippen molar-refractivity contribution in [1.82, 2.24) is 9.97 Å². The Bertz CT molecular complexity index is 699. The summed E-state index contributed by atoms with van der Waals surface area (Å²) in [5.74, 6) is -6.21. The molecule has 0 aliphatic carbocycles. The van der Waals surface area contributed by atoms with Crippen molar-refractivity contribution in [2.45, 2.75) is 18.8 Å². The van der Waals surface area contributed by atoms with Crippen molar-refractivity contribution in [3.8, 4) is 0 Å². The Balaban J connectivity index is 2.72. The normalized spacial score (nSPS) is 12.6. The molecule has 0 amide bonds. The first-order valence-corrected chi connectivity index (χ1v) is 5.27. The van der Waals surface area contributed by atoms with Crippen molar-refractivity contribution < 1.29 is 31.3 Å². The number of rotatable bonds is 4. The number of non-ortho nitro benzene ring substituents is 1. The number of hydrogen-bond acceptors (Lipinski definition) is 3. The van der Waals surface area contributed by atoms with Gasteiger partial charge in [0.2, 0.25) is 0 Å². The number of imidazole rings is 1. The molecule has 2 rings (SSSR count). The lowest BCUT2D eigenvalue weighted by atomic mass is 10.2. The zero-order valence-electron chi connectivity index (χ0n) is 9.79. The van der Waals surface area contributed by atoms with Crippen molar-refractivity contribution >= 4 is 16.7 Å². The molecule has 1 heterocycles. The molecule has 0 fully saturated rings. The molecule has 0 aliphatic heterocycles. The Kier molecular flexibility index (Phi) is 3.51. The Morgan fingerprint density at radius 3 is 2.33 bits per heavy atom. The maximum atomic E-state index is 13.1. The van der Waals surface area contributed by atoms with Crippen molar-refractivity contribution in [1.29, 1.82) is 0 Å². The Morgan fingerprint density at radius 1 is 1.24 bits per heavy atom. The fourth-order valence-corrected chi connectivity index (χ4v) is 1.65. The summed E-state index contributed by atoms with van der Waals surface area (Å²) in [6, 6.07) is 1.10. The summed E-state index contributed by atoms with van der Waals surface area (Å²) in [6.45, 7) is 0. The molecule has 0 radical (unpaired) electrons. The summed E-state index contributed by atoms with van der Waals surface area (Å²) in [5.41, 5.74) is -3.03. The molecule has 0 bridgehead atoms. The van der Waals surface area contributed by atoms with Crippen LogP contribution < -0.4 is 0 Å². The van der Waals surface area contributed by atoms with Gasteiger partial charge in [-0.25, -0.2) is 22.5 Å². The number of aromatic nitrogens is 2. The minimum absolute atomic E-state index is 0.456. The second-order valence-corrected chi connectivity index (χ2v) is 4.00. The van der Waals surface area contributed by atoms with Gasteiger partial charge in [-0.3, -0.25) is 10.1 Å². The molecule has 5 nitrogen and oxygen atoms in total. The van der Waals surface area contributed by atoms with Crippen LogP contribution in [-0.2, 0) is 5.92 Å². The quantitative estimate of drug-likeness (QED) is 0.530. The average molecular weight is 313 g/mol. The SMILES string of the molecule is O=[N+]([O-])c1cc(C(F)F)cc2[nH]c(C(F)(F)C(F)F)nc12. The number of hydrogen-bond donors (Lipinski definition) is 1. The highest BCUT2D eigenvalue weighted by molar-refractivity contribution is 5.85. The number of nitrogens with zero attached hydrogens (tertiary/aromatic N) is 2. The number of benzene rings is 1. The minimum atomic E-state index is -4.68. The van der Waals surface area contributed by atoms with Gasteiger partial charge in [0.25, 0.3) is 12.1 Å². The van der Waals surface area contributed by atoms with Gasteiger partial charge in [0.05, 0.1) is 10.4 Å². The van der Waals surface area contributed by atoms with Gasteiger partial charge in [-0.05, 0) is 6.07 Å². The summed E-state index contributed by atoms with van der Waals surface area (Å²) < 4.78 is 75.9. The molecule has 114 valence electrons. The van der Waals surface area contributed by atoms with Crippen molar-refractivity contribution in [2.24, 2.45) is 0 Å². The first kappa shape index (κ1) is 15.1. The molecule has 0 unspecified atom stereocenters. The minimum Gasteiger partial charge on any atom is -0.336 e. The van der Waals surface area contributed by atoms with E-state index >= 15 is 0 Å². The number of fused-ring (bicyclic) bond motifs is 1.